The van der Waals surface area contributed by atoms with Crippen LogP contribution < -0.4 is 5.32 Å². The Bertz CT molecular complexity index is 307. The second-order valence-electron chi connectivity index (χ2n) is 4.81. The first-order chi connectivity index (χ1) is 8.25. The summed E-state index contributed by atoms with van der Waals surface area (Å²) in [5.74, 6) is 1.02. The highest BCUT2D eigenvalue weighted by Gasteiger charge is 2.19. The maximum atomic E-state index is 5.47. The summed E-state index contributed by atoms with van der Waals surface area (Å²) < 4.78 is 10.8. The van der Waals surface area contributed by atoms with Crippen molar-refractivity contribution in [2.75, 3.05) is 26.8 Å². The summed E-state index contributed by atoms with van der Waals surface area (Å²) >= 11 is 0. The lowest BCUT2D eigenvalue weighted by Crippen LogP contribution is -2.45. The van der Waals surface area contributed by atoms with Gasteiger partial charge in [-0.2, -0.15) is 0 Å². The van der Waals surface area contributed by atoms with Crippen molar-refractivity contribution < 1.29 is 9.15 Å². The number of furan rings is 1. The van der Waals surface area contributed by atoms with Crippen molar-refractivity contribution in [3.8, 4) is 0 Å². The molecule has 2 unspecified atom stereocenters. The van der Waals surface area contributed by atoms with E-state index >= 15 is 0 Å². The number of nitrogens with one attached hydrogen (secondary N) is 1. The van der Waals surface area contributed by atoms with Gasteiger partial charge in [0.15, 0.2) is 0 Å². The third kappa shape index (κ3) is 3.84. The number of nitrogens with zero attached hydrogens (tertiary/aromatic N) is 1. The van der Waals surface area contributed by atoms with Gasteiger partial charge in [-0.1, -0.05) is 0 Å². The van der Waals surface area contributed by atoms with Crippen LogP contribution in [0.2, 0.25) is 0 Å². The Morgan fingerprint density at radius 3 is 3.12 bits per heavy atom. The number of hydrogen-bond acceptors (Lipinski definition) is 4. The van der Waals surface area contributed by atoms with Crippen molar-refractivity contribution in [1.29, 1.82) is 0 Å². The zero-order valence-corrected chi connectivity index (χ0v) is 10.7. The minimum absolute atomic E-state index is 0.484. The van der Waals surface area contributed by atoms with Crippen molar-refractivity contribution in [3.63, 3.8) is 0 Å². The molecule has 1 N–H and O–H groups in total. The first kappa shape index (κ1) is 12.6. The van der Waals surface area contributed by atoms with Gasteiger partial charge in [-0.05, 0) is 32.5 Å². The molecule has 2 atom stereocenters. The van der Waals surface area contributed by atoms with Crippen molar-refractivity contribution in [2.45, 2.75) is 32.0 Å². The van der Waals surface area contributed by atoms with Gasteiger partial charge >= 0.3 is 0 Å². The summed E-state index contributed by atoms with van der Waals surface area (Å²) in [6.07, 6.45) is 2.83. The first-order valence-corrected chi connectivity index (χ1v) is 6.29. The molecule has 1 saturated heterocycles. The van der Waals surface area contributed by atoms with Crippen molar-refractivity contribution >= 4 is 0 Å². The van der Waals surface area contributed by atoms with Crippen LogP contribution in [0.25, 0.3) is 0 Å². The highest BCUT2D eigenvalue weighted by Crippen LogP contribution is 2.11. The van der Waals surface area contributed by atoms with E-state index in [0.717, 1.165) is 38.5 Å². The highest BCUT2D eigenvalue weighted by molar-refractivity contribution is 4.98. The van der Waals surface area contributed by atoms with E-state index in [1.807, 2.05) is 12.1 Å². The van der Waals surface area contributed by atoms with E-state index in [1.54, 1.807) is 6.26 Å². The fraction of sp³-hybridized carbons (Fsp3) is 0.692. The lowest BCUT2D eigenvalue weighted by molar-refractivity contribution is 0.0633. The van der Waals surface area contributed by atoms with Gasteiger partial charge < -0.3 is 14.5 Å². The molecule has 0 aliphatic carbocycles. The van der Waals surface area contributed by atoms with Gasteiger partial charge in [0, 0.05) is 18.6 Å². The topological polar surface area (TPSA) is 37.6 Å². The van der Waals surface area contributed by atoms with Gasteiger partial charge in [-0.3, -0.25) is 4.90 Å². The van der Waals surface area contributed by atoms with Gasteiger partial charge in [0.05, 0.1) is 26.0 Å². The second kappa shape index (κ2) is 6.19. The fourth-order valence-electron chi connectivity index (χ4n) is 2.17. The van der Waals surface area contributed by atoms with Gasteiger partial charge in [-0.15, -0.1) is 0 Å². The average molecular weight is 238 g/mol. The zero-order chi connectivity index (χ0) is 12.1. The fourth-order valence-corrected chi connectivity index (χ4v) is 2.17. The SMILES string of the molecule is CC(CC1COCCN1)N(C)Cc1ccco1. The lowest BCUT2D eigenvalue weighted by Gasteiger charge is -2.30. The van der Waals surface area contributed by atoms with Gasteiger partial charge in [0.25, 0.3) is 0 Å². The van der Waals surface area contributed by atoms with Crippen LogP contribution in [-0.2, 0) is 11.3 Å². The summed E-state index contributed by atoms with van der Waals surface area (Å²) in [4.78, 5) is 2.31. The molecule has 1 fully saturated rings. The van der Waals surface area contributed by atoms with Gasteiger partial charge in [-0.25, -0.2) is 0 Å². The van der Waals surface area contributed by atoms with E-state index in [-0.39, 0.29) is 0 Å². The molecule has 17 heavy (non-hydrogen) atoms. The summed E-state index contributed by atoms with van der Waals surface area (Å²) in [5, 5.41) is 3.49. The first-order valence-electron chi connectivity index (χ1n) is 6.29. The average Bonchev–Trinajstić information content (AvgIpc) is 2.83. The Balaban J connectivity index is 1.76. The summed E-state index contributed by atoms with van der Waals surface area (Å²) in [6.45, 7) is 5.76. The van der Waals surface area contributed by atoms with Crippen LogP contribution in [0.3, 0.4) is 0 Å². The quantitative estimate of drug-likeness (QED) is 0.843. The van der Waals surface area contributed by atoms with E-state index in [4.69, 9.17) is 9.15 Å². The Labute approximate surface area is 103 Å². The molecular formula is C13H22N2O2. The van der Waals surface area contributed by atoms with E-state index in [1.165, 1.54) is 0 Å². The molecule has 0 amide bonds. The third-order valence-electron chi connectivity index (χ3n) is 3.36. The van der Waals surface area contributed by atoms with Crippen LogP contribution in [0.15, 0.2) is 22.8 Å². The summed E-state index contributed by atoms with van der Waals surface area (Å²) in [5.41, 5.74) is 0. The second-order valence-corrected chi connectivity index (χ2v) is 4.81. The van der Waals surface area contributed by atoms with Crippen molar-refractivity contribution in [3.05, 3.63) is 24.2 Å². The van der Waals surface area contributed by atoms with Crippen molar-refractivity contribution in [1.82, 2.24) is 10.2 Å². The predicted molar refractivity (Wildman–Crippen MR) is 66.9 cm³/mol. The van der Waals surface area contributed by atoms with Crippen LogP contribution in [0.1, 0.15) is 19.1 Å². The molecule has 0 bridgehead atoms. The third-order valence-corrected chi connectivity index (χ3v) is 3.36. The highest BCUT2D eigenvalue weighted by atomic mass is 16.5. The molecule has 96 valence electrons. The summed E-state index contributed by atoms with van der Waals surface area (Å²) in [6, 6.07) is 4.95. The van der Waals surface area contributed by atoms with Crippen LogP contribution in [-0.4, -0.2) is 43.8 Å². The standard InChI is InChI=1S/C13H22N2O2/c1-11(8-12-10-16-7-5-14-12)15(2)9-13-4-3-6-17-13/h3-4,6,11-12,14H,5,7-10H2,1-2H3. The van der Waals surface area contributed by atoms with E-state index in [9.17, 15) is 0 Å². The van der Waals surface area contributed by atoms with Crippen LogP contribution >= 0.6 is 0 Å². The monoisotopic (exact) mass is 238 g/mol. The Kier molecular flexibility index (Phi) is 4.59. The van der Waals surface area contributed by atoms with Gasteiger partial charge in [0.2, 0.25) is 0 Å². The molecule has 1 aliphatic rings. The predicted octanol–water partition coefficient (Wildman–Crippen LogP) is 1.48. The van der Waals surface area contributed by atoms with Crippen LogP contribution in [0.5, 0.6) is 0 Å². The van der Waals surface area contributed by atoms with Crippen molar-refractivity contribution in [2.24, 2.45) is 0 Å². The molecule has 0 spiro atoms. The normalized spacial score (nSPS) is 22.9. The van der Waals surface area contributed by atoms with E-state index in [0.29, 0.717) is 12.1 Å². The van der Waals surface area contributed by atoms with Crippen LogP contribution in [0, 0.1) is 0 Å². The molecule has 1 aromatic heterocycles. The van der Waals surface area contributed by atoms with E-state index < -0.39 is 0 Å². The molecule has 2 rings (SSSR count). The molecule has 4 nitrogen and oxygen atoms in total. The molecular weight excluding hydrogens is 216 g/mol. The molecule has 0 aromatic carbocycles. The maximum Gasteiger partial charge on any atom is 0.117 e. The molecule has 4 heteroatoms. The molecule has 1 aromatic rings. The number of ether oxygens (including phenoxy) is 1. The van der Waals surface area contributed by atoms with E-state index in [2.05, 4.69) is 24.2 Å². The Hall–Kier alpha value is -0.840. The smallest absolute Gasteiger partial charge is 0.117 e. The zero-order valence-electron chi connectivity index (χ0n) is 10.7. The number of hydrogen-bond donors (Lipinski definition) is 1. The van der Waals surface area contributed by atoms with Crippen LogP contribution in [0.4, 0.5) is 0 Å². The molecule has 1 aliphatic heterocycles. The summed E-state index contributed by atoms with van der Waals surface area (Å²) in [7, 11) is 2.14. The van der Waals surface area contributed by atoms with Gasteiger partial charge in [0.1, 0.15) is 5.76 Å². The Morgan fingerprint density at radius 2 is 2.47 bits per heavy atom. The number of morpholine rings is 1. The number of rotatable bonds is 5. The minimum Gasteiger partial charge on any atom is -0.468 e. The molecule has 0 saturated carbocycles. The Morgan fingerprint density at radius 1 is 1.59 bits per heavy atom. The lowest BCUT2D eigenvalue weighted by atomic mass is 10.1. The molecule has 0 radical (unpaired) electrons. The largest absolute Gasteiger partial charge is 0.468 e. The molecule has 2 heterocycles. The minimum atomic E-state index is 0.484. The maximum absolute atomic E-state index is 5.47.